The lowest BCUT2D eigenvalue weighted by molar-refractivity contribution is 0.0696. The van der Waals surface area contributed by atoms with Crippen LogP contribution < -0.4 is 11.5 Å². The fourth-order valence-electron chi connectivity index (χ4n) is 1.40. The van der Waals surface area contributed by atoms with E-state index in [0.717, 1.165) is 0 Å². The molecule has 0 bridgehead atoms. The monoisotopic (exact) mass is 247 g/mol. The molecular weight excluding hydrogens is 238 g/mol. The van der Waals surface area contributed by atoms with E-state index in [1.807, 2.05) is 0 Å². The molecule has 1 amide bonds. The van der Waals surface area contributed by atoms with Crippen molar-refractivity contribution in [2.45, 2.75) is 0 Å². The van der Waals surface area contributed by atoms with Crippen molar-refractivity contribution in [3.63, 3.8) is 0 Å². The first kappa shape index (κ1) is 11.6. The summed E-state index contributed by atoms with van der Waals surface area (Å²) in [5.74, 6) is -1.81. The van der Waals surface area contributed by atoms with Gasteiger partial charge in [-0.15, -0.1) is 5.10 Å². The van der Waals surface area contributed by atoms with E-state index in [2.05, 4.69) is 10.3 Å². The molecule has 0 saturated heterocycles. The summed E-state index contributed by atoms with van der Waals surface area (Å²) in [4.78, 5) is 21.6. The maximum atomic E-state index is 11.0. The predicted molar refractivity (Wildman–Crippen MR) is 61.2 cm³/mol. The predicted octanol–water partition coefficient (Wildman–Crippen LogP) is -0.353. The molecule has 0 radical (unpaired) electrons. The first-order valence-electron chi connectivity index (χ1n) is 4.85. The SMILES string of the molecule is NC(=O)c1nnn(-c2ccc(C(=O)O)cc2)c1N. The van der Waals surface area contributed by atoms with Crippen LogP contribution in [0.25, 0.3) is 5.69 Å². The van der Waals surface area contributed by atoms with Crippen LogP contribution in [0.5, 0.6) is 0 Å². The number of carbonyl (C=O) groups is 2. The van der Waals surface area contributed by atoms with Gasteiger partial charge in [0.25, 0.3) is 5.91 Å². The number of carbonyl (C=O) groups excluding carboxylic acids is 1. The van der Waals surface area contributed by atoms with Crippen molar-refractivity contribution in [2.75, 3.05) is 5.73 Å². The van der Waals surface area contributed by atoms with Gasteiger partial charge < -0.3 is 16.6 Å². The quantitative estimate of drug-likeness (QED) is 0.677. The van der Waals surface area contributed by atoms with Crippen LogP contribution in [0.3, 0.4) is 0 Å². The maximum Gasteiger partial charge on any atom is 0.335 e. The first-order chi connectivity index (χ1) is 8.50. The van der Waals surface area contributed by atoms with Crippen molar-refractivity contribution < 1.29 is 14.7 Å². The minimum atomic E-state index is -1.04. The fraction of sp³-hybridized carbons (Fsp3) is 0. The van der Waals surface area contributed by atoms with E-state index in [1.165, 1.54) is 28.9 Å². The molecule has 0 aliphatic heterocycles. The van der Waals surface area contributed by atoms with Crippen molar-refractivity contribution in [1.29, 1.82) is 0 Å². The van der Waals surface area contributed by atoms with E-state index < -0.39 is 11.9 Å². The normalized spacial score (nSPS) is 10.2. The van der Waals surface area contributed by atoms with Gasteiger partial charge in [-0.05, 0) is 24.3 Å². The number of benzene rings is 1. The van der Waals surface area contributed by atoms with E-state index in [0.29, 0.717) is 5.69 Å². The summed E-state index contributed by atoms with van der Waals surface area (Å²) < 4.78 is 1.20. The van der Waals surface area contributed by atoms with Crippen LogP contribution in [-0.2, 0) is 0 Å². The number of aromatic nitrogens is 3. The third-order valence-corrected chi connectivity index (χ3v) is 2.30. The van der Waals surface area contributed by atoms with Crippen LogP contribution in [0.15, 0.2) is 24.3 Å². The smallest absolute Gasteiger partial charge is 0.335 e. The Morgan fingerprint density at radius 1 is 1.22 bits per heavy atom. The van der Waals surface area contributed by atoms with Crippen molar-refractivity contribution >= 4 is 17.7 Å². The summed E-state index contributed by atoms with van der Waals surface area (Å²) in [7, 11) is 0. The number of nitrogens with two attached hydrogens (primary N) is 2. The molecule has 2 rings (SSSR count). The minimum absolute atomic E-state index is 0.00516. The Morgan fingerprint density at radius 3 is 2.28 bits per heavy atom. The second-order valence-electron chi connectivity index (χ2n) is 3.45. The molecule has 92 valence electrons. The Morgan fingerprint density at radius 2 is 1.83 bits per heavy atom. The number of nitrogens with zero attached hydrogens (tertiary/aromatic N) is 3. The highest BCUT2D eigenvalue weighted by Crippen LogP contribution is 2.15. The molecule has 1 aromatic heterocycles. The van der Waals surface area contributed by atoms with Gasteiger partial charge in [-0.1, -0.05) is 5.21 Å². The lowest BCUT2D eigenvalue weighted by Crippen LogP contribution is -2.14. The van der Waals surface area contributed by atoms with Crippen molar-refractivity contribution in [1.82, 2.24) is 15.0 Å². The van der Waals surface area contributed by atoms with Gasteiger partial charge in [-0.25, -0.2) is 4.79 Å². The van der Waals surface area contributed by atoms with E-state index in [4.69, 9.17) is 16.6 Å². The van der Waals surface area contributed by atoms with Crippen LogP contribution in [0.4, 0.5) is 5.82 Å². The Labute approximate surface area is 101 Å². The lowest BCUT2D eigenvalue weighted by atomic mass is 10.2. The highest BCUT2D eigenvalue weighted by Gasteiger charge is 2.15. The van der Waals surface area contributed by atoms with Crippen LogP contribution in [-0.4, -0.2) is 32.0 Å². The Balaban J connectivity index is 2.43. The van der Waals surface area contributed by atoms with Gasteiger partial charge in [-0.3, -0.25) is 4.79 Å². The second kappa shape index (κ2) is 4.17. The number of amides is 1. The van der Waals surface area contributed by atoms with Crippen LogP contribution in [0.2, 0.25) is 0 Å². The van der Waals surface area contributed by atoms with Gasteiger partial charge in [0.1, 0.15) is 0 Å². The lowest BCUT2D eigenvalue weighted by Gasteiger charge is -2.03. The number of hydrogen-bond donors (Lipinski definition) is 3. The molecule has 0 saturated carbocycles. The zero-order chi connectivity index (χ0) is 13.3. The summed E-state index contributed by atoms with van der Waals surface area (Å²) in [6, 6.07) is 5.78. The third-order valence-electron chi connectivity index (χ3n) is 2.30. The summed E-state index contributed by atoms with van der Waals surface area (Å²) in [5.41, 5.74) is 11.2. The Hall–Kier alpha value is -2.90. The Bertz CT molecular complexity index is 617. The Kier molecular flexibility index (Phi) is 2.68. The number of nitrogen functional groups attached to an aromatic ring is 1. The number of hydrogen-bond acceptors (Lipinski definition) is 5. The fourth-order valence-corrected chi connectivity index (χ4v) is 1.40. The molecular formula is C10H9N5O3. The van der Waals surface area contributed by atoms with Crippen molar-refractivity contribution in [3.8, 4) is 5.69 Å². The van der Waals surface area contributed by atoms with Gasteiger partial charge in [0.2, 0.25) is 0 Å². The first-order valence-corrected chi connectivity index (χ1v) is 4.85. The van der Waals surface area contributed by atoms with E-state index >= 15 is 0 Å². The summed E-state index contributed by atoms with van der Waals surface area (Å²) in [5, 5.41) is 16.0. The van der Waals surface area contributed by atoms with Gasteiger partial charge in [-0.2, -0.15) is 4.68 Å². The average molecular weight is 247 g/mol. The molecule has 0 fully saturated rings. The van der Waals surface area contributed by atoms with Gasteiger partial charge in [0, 0.05) is 0 Å². The molecule has 5 N–H and O–H groups in total. The topological polar surface area (TPSA) is 137 Å². The van der Waals surface area contributed by atoms with E-state index in [-0.39, 0.29) is 17.1 Å². The summed E-state index contributed by atoms with van der Waals surface area (Å²) in [6.45, 7) is 0. The second-order valence-corrected chi connectivity index (χ2v) is 3.45. The molecule has 0 unspecified atom stereocenters. The number of aromatic carboxylic acids is 1. The molecule has 0 aliphatic rings. The molecule has 18 heavy (non-hydrogen) atoms. The zero-order valence-corrected chi connectivity index (χ0v) is 9.07. The van der Waals surface area contributed by atoms with Crippen LogP contribution >= 0.6 is 0 Å². The number of primary amides is 1. The number of carboxylic acid groups (broad SMARTS) is 1. The van der Waals surface area contributed by atoms with Gasteiger partial charge >= 0.3 is 5.97 Å². The summed E-state index contributed by atoms with van der Waals surface area (Å²) in [6.07, 6.45) is 0. The van der Waals surface area contributed by atoms with Crippen molar-refractivity contribution in [2.24, 2.45) is 5.73 Å². The third kappa shape index (κ3) is 1.86. The molecule has 0 spiro atoms. The van der Waals surface area contributed by atoms with Gasteiger partial charge in [0.15, 0.2) is 11.5 Å². The minimum Gasteiger partial charge on any atom is -0.478 e. The zero-order valence-electron chi connectivity index (χ0n) is 9.07. The maximum absolute atomic E-state index is 11.0. The molecule has 1 heterocycles. The summed E-state index contributed by atoms with van der Waals surface area (Å²) >= 11 is 0. The molecule has 0 atom stereocenters. The molecule has 0 aliphatic carbocycles. The van der Waals surface area contributed by atoms with Crippen molar-refractivity contribution in [3.05, 3.63) is 35.5 Å². The standard InChI is InChI=1S/C10H9N5O3/c11-8-7(9(12)16)13-14-15(8)6-3-1-5(2-4-6)10(17)18/h1-4H,11H2,(H2,12,16)(H,17,18). The number of anilines is 1. The molecule has 8 heteroatoms. The molecule has 2 aromatic rings. The van der Waals surface area contributed by atoms with Crippen LogP contribution in [0, 0.1) is 0 Å². The average Bonchev–Trinajstić information content (AvgIpc) is 2.71. The number of rotatable bonds is 3. The number of carboxylic acids is 1. The largest absolute Gasteiger partial charge is 0.478 e. The highest BCUT2D eigenvalue weighted by molar-refractivity contribution is 5.95. The van der Waals surface area contributed by atoms with Gasteiger partial charge in [0.05, 0.1) is 11.3 Å². The molecule has 1 aromatic carbocycles. The highest BCUT2D eigenvalue weighted by atomic mass is 16.4. The van der Waals surface area contributed by atoms with Crippen LogP contribution in [0.1, 0.15) is 20.8 Å². The molecule has 8 nitrogen and oxygen atoms in total. The van der Waals surface area contributed by atoms with E-state index in [9.17, 15) is 9.59 Å². The van der Waals surface area contributed by atoms with E-state index in [1.54, 1.807) is 0 Å².